The van der Waals surface area contributed by atoms with Gasteiger partial charge in [0.05, 0.1) is 12.3 Å². The van der Waals surface area contributed by atoms with Gasteiger partial charge in [0, 0.05) is 23.9 Å². The lowest BCUT2D eigenvalue weighted by Gasteiger charge is -2.31. The Kier molecular flexibility index (Phi) is 6.14. The van der Waals surface area contributed by atoms with Crippen molar-refractivity contribution in [2.75, 3.05) is 26.2 Å². The van der Waals surface area contributed by atoms with Crippen LogP contribution in [0.4, 0.5) is 4.39 Å². The number of rotatable bonds is 7. The van der Waals surface area contributed by atoms with Gasteiger partial charge >= 0.3 is 0 Å². The van der Waals surface area contributed by atoms with E-state index in [1.807, 2.05) is 0 Å². The van der Waals surface area contributed by atoms with Gasteiger partial charge in [0.1, 0.15) is 11.6 Å². The van der Waals surface area contributed by atoms with Gasteiger partial charge in [0.2, 0.25) is 0 Å². The lowest BCUT2D eigenvalue weighted by molar-refractivity contribution is 0.190. The van der Waals surface area contributed by atoms with Crippen molar-refractivity contribution >= 4 is 11.0 Å². The molecule has 5 heteroatoms. The molecule has 0 unspecified atom stereocenters. The first kappa shape index (κ1) is 19.9. The van der Waals surface area contributed by atoms with Gasteiger partial charge in [-0.25, -0.2) is 4.39 Å². The van der Waals surface area contributed by atoms with Crippen LogP contribution >= 0.6 is 0 Å². The molecule has 0 spiro atoms. The predicted molar refractivity (Wildman–Crippen MR) is 113 cm³/mol. The van der Waals surface area contributed by atoms with E-state index in [9.17, 15) is 4.39 Å². The Hall–Kier alpha value is -2.40. The number of nitrogens with zero attached hydrogens (tertiary/aromatic N) is 2. The minimum Gasteiger partial charge on any atom is -0.493 e. The number of piperidine rings is 1. The van der Waals surface area contributed by atoms with Gasteiger partial charge in [-0.15, -0.1) is 0 Å². The van der Waals surface area contributed by atoms with Crippen molar-refractivity contribution in [1.29, 1.82) is 0 Å². The fourth-order valence-electron chi connectivity index (χ4n) is 4.22. The minimum absolute atomic E-state index is 0.284. The standard InChI is InChI=1S/C24H29FN2O2/c1-3-18-5-8-22(17(2)15-18)28-14-4-11-27-12-9-19(10-13-27)24-21-7-6-20(25)16-23(21)29-26-24/h5-8,15-16,19H,3-4,9-14H2,1-2H3. The van der Waals surface area contributed by atoms with Crippen LogP contribution in [0.15, 0.2) is 40.9 Å². The zero-order valence-electron chi connectivity index (χ0n) is 17.3. The smallest absolute Gasteiger partial charge is 0.170 e. The van der Waals surface area contributed by atoms with Crippen LogP contribution in [0, 0.1) is 12.7 Å². The van der Waals surface area contributed by atoms with Crippen LogP contribution in [0.5, 0.6) is 5.75 Å². The van der Waals surface area contributed by atoms with E-state index in [1.165, 1.54) is 23.3 Å². The number of aryl methyl sites for hydroxylation is 2. The summed E-state index contributed by atoms with van der Waals surface area (Å²) in [5.41, 5.74) is 4.09. The minimum atomic E-state index is -0.284. The maximum atomic E-state index is 13.3. The molecule has 0 radical (unpaired) electrons. The second-order valence-corrected chi connectivity index (χ2v) is 7.98. The average Bonchev–Trinajstić information content (AvgIpc) is 3.15. The predicted octanol–water partition coefficient (Wildman–Crippen LogP) is 5.49. The monoisotopic (exact) mass is 396 g/mol. The lowest BCUT2D eigenvalue weighted by atomic mass is 9.91. The number of fused-ring (bicyclic) bond motifs is 1. The normalized spacial score (nSPS) is 15.8. The van der Waals surface area contributed by atoms with E-state index in [0.717, 1.165) is 68.8 Å². The molecule has 3 aromatic rings. The topological polar surface area (TPSA) is 38.5 Å². The number of ether oxygens (including phenoxy) is 1. The summed E-state index contributed by atoms with van der Waals surface area (Å²) in [7, 11) is 0. The van der Waals surface area contributed by atoms with Crippen molar-refractivity contribution in [2.24, 2.45) is 0 Å². The Morgan fingerprint density at radius 1 is 1.17 bits per heavy atom. The fraction of sp³-hybridized carbons (Fsp3) is 0.458. The van der Waals surface area contributed by atoms with E-state index in [0.29, 0.717) is 11.5 Å². The molecule has 1 saturated heterocycles. The number of halogens is 1. The zero-order valence-corrected chi connectivity index (χ0v) is 17.3. The SMILES string of the molecule is CCc1ccc(OCCCN2CCC(c3noc4cc(F)ccc34)CC2)c(C)c1. The maximum absolute atomic E-state index is 13.3. The molecule has 1 aliphatic heterocycles. The highest BCUT2D eigenvalue weighted by molar-refractivity contribution is 5.79. The quantitative estimate of drug-likeness (QED) is 0.495. The van der Waals surface area contributed by atoms with Crippen LogP contribution in [-0.2, 0) is 6.42 Å². The highest BCUT2D eigenvalue weighted by atomic mass is 19.1. The molecule has 29 heavy (non-hydrogen) atoms. The van der Waals surface area contributed by atoms with E-state index in [-0.39, 0.29) is 5.82 Å². The second kappa shape index (κ2) is 8.95. The van der Waals surface area contributed by atoms with Gasteiger partial charge in [-0.05, 0) is 75.0 Å². The molecule has 0 amide bonds. The van der Waals surface area contributed by atoms with Gasteiger partial charge < -0.3 is 14.2 Å². The molecule has 154 valence electrons. The van der Waals surface area contributed by atoms with Crippen molar-refractivity contribution in [2.45, 2.75) is 45.4 Å². The van der Waals surface area contributed by atoms with Crippen LogP contribution in [0.2, 0.25) is 0 Å². The van der Waals surface area contributed by atoms with Crippen LogP contribution in [0.3, 0.4) is 0 Å². The van der Waals surface area contributed by atoms with Crippen molar-refractivity contribution < 1.29 is 13.7 Å². The van der Waals surface area contributed by atoms with Gasteiger partial charge in [-0.2, -0.15) is 0 Å². The summed E-state index contributed by atoms with van der Waals surface area (Å²) in [6.45, 7) is 8.16. The van der Waals surface area contributed by atoms with E-state index < -0.39 is 0 Å². The Labute approximate surface area is 171 Å². The van der Waals surface area contributed by atoms with E-state index in [4.69, 9.17) is 9.26 Å². The molecule has 4 nitrogen and oxygen atoms in total. The summed E-state index contributed by atoms with van der Waals surface area (Å²) in [5, 5.41) is 5.18. The first-order valence-electron chi connectivity index (χ1n) is 10.6. The third kappa shape index (κ3) is 4.61. The second-order valence-electron chi connectivity index (χ2n) is 7.98. The molecule has 0 bridgehead atoms. The summed E-state index contributed by atoms with van der Waals surface area (Å²) in [5.74, 6) is 1.10. The van der Waals surface area contributed by atoms with Crippen LogP contribution in [0.1, 0.15) is 48.9 Å². The summed E-state index contributed by atoms with van der Waals surface area (Å²) >= 11 is 0. The number of hydrogen-bond donors (Lipinski definition) is 0. The summed E-state index contributed by atoms with van der Waals surface area (Å²) in [4.78, 5) is 2.49. The van der Waals surface area contributed by atoms with Crippen molar-refractivity contribution in [1.82, 2.24) is 10.1 Å². The van der Waals surface area contributed by atoms with E-state index in [1.54, 1.807) is 6.07 Å². The van der Waals surface area contributed by atoms with Crippen LogP contribution in [0.25, 0.3) is 11.0 Å². The highest BCUT2D eigenvalue weighted by Gasteiger charge is 2.24. The van der Waals surface area contributed by atoms with Gasteiger partial charge in [0.15, 0.2) is 5.58 Å². The Balaban J connectivity index is 1.23. The number of likely N-dealkylation sites (tertiary alicyclic amines) is 1. The van der Waals surface area contributed by atoms with Gasteiger partial charge in [0.25, 0.3) is 0 Å². The molecule has 1 fully saturated rings. The summed E-state index contributed by atoms with van der Waals surface area (Å²) in [6.07, 6.45) is 4.18. The van der Waals surface area contributed by atoms with Crippen molar-refractivity contribution in [3.05, 3.63) is 59.0 Å². The first-order chi connectivity index (χ1) is 14.1. The zero-order chi connectivity index (χ0) is 20.2. The lowest BCUT2D eigenvalue weighted by Crippen LogP contribution is -2.34. The Bertz CT molecular complexity index is 961. The maximum Gasteiger partial charge on any atom is 0.170 e. The van der Waals surface area contributed by atoms with Crippen molar-refractivity contribution in [3.8, 4) is 5.75 Å². The van der Waals surface area contributed by atoms with Gasteiger partial charge in [-0.3, -0.25) is 0 Å². The summed E-state index contributed by atoms with van der Waals surface area (Å²) in [6, 6.07) is 11.1. The van der Waals surface area contributed by atoms with Crippen LogP contribution < -0.4 is 4.74 Å². The number of aromatic nitrogens is 1. The number of hydrogen-bond acceptors (Lipinski definition) is 4. The molecular formula is C24H29FN2O2. The van der Waals surface area contributed by atoms with Gasteiger partial charge in [-0.1, -0.05) is 24.2 Å². The van der Waals surface area contributed by atoms with Crippen LogP contribution in [-0.4, -0.2) is 36.3 Å². The Morgan fingerprint density at radius 3 is 2.76 bits per heavy atom. The average molecular weight is 397 g/mol. The molecule has 0 atom stereocenters. The molecule has 0 N–H and O–H groups in total. The summed E-state index contributed by atoms with van der Waals surface area (Å²) < 4.78 is 24.7. The molecular weight excluding hydrogens is 367 g/mol. The molecule has 4 rings (SSSR count). The molecule has 0 aliphatic carbocycles. The van der Waals surface area contributed by atoms with Crippen molar-refractivity contribution in [3.63, 3.8) is 0 Å². The third-order valence-corrected chi connectivity index (χ3v) is 5.96. The molecule has 0 saturated carbocycles. The van der Waals surface area contributed by atoms with E-state index >= 15 is 0 Å². The Morgan fingerprint density at radius 2 is 2.00 bits per heavy atom. The third-order valence-electron chi connectivity index (χ3n) is 5.96. The molecule has 1 aromatic heterocycles. The number of benzene rings is 2. The highest BCUT2D eigenvalue weighted by Crippen LogP contribution is 2.32. The van der Waals surface area contributed by atoms with E-state index in [2.05, 4.69) is 42.1 Å². The fourth-order valence-corrected chi connectivity index (χ4v) is 4.22. The first-order valence-corrected chi connectivity index (χ1v) is 10.6. The largest absolute Gasteiger partial charge is 0.493 e. The molecule has 2 aromatic carbocycles. The molecule has 1 aliphatic rings. The molecule has 2 heterocycles.